The van der Waals surface area contributed by atoms with Gasteiger partial charge in [0.2, 0.25) is 0 Å². The Morgan fingerprint density at radius 3 is 2.88 bits per heavy atom. The minimum absolute atomic E-state index is 0.208. The highest BCUT2D eigenvalue weighted by atomic mass is 32.2. The molecular formula is C13H18O3S. The van der Waals surface area contributed by atoms with Gasteiger partial charge in [0.25, 0.3) is 0 Å². The van der Waals surface area contributed by atoms with Gasteiger partial charge in [-0.1, -0.05) is 6.92 Å². The maximum Gasteiger partial charge on any atom is 0.150 e. The lowest BCUT2D eigenvalue weighted by Gasteiger charge is -2.12. The molecule has 0 fully saturated rings. The lowest BCUT2D eigenvalue weighted by atomic mass is 10.1. The van der Waals surface area contributed by atoms with Gasteiger partial charge in [0.05, 0.1) is 7.11 Å². The summed E-state index contributed by atoms with van der Waals surface area (Å²) in [5.74, 6) is 1.59. The molecule has 17 heavy (non-hydrogen) atoms. The number of benzene rings is 1. The van der Waals surface area contributed by atoms with Crippen molar-refractivity contribution in [3.8, 4) is 5.75 Å². The Morgan fingerprint density at radius 1 is 1.53 bits per heavy atom. The topological polar surface area (TPSA) is 46.5 Å². The summed E-state index contributed by atoms with van der Waals surface area (Å²) in [6, 6.07) is 5.41. The Morgan fingerprint density at radius 2 is 2.29 bits per heavy atom. The first-order chi connectivity index (χ1) is 8.21. The normalized spacial score (nSPS) is 12.2. The van der Waals surface area contributed by atoms with Crippen LogP contribution in [-0.4, -0.2) is 30.4 Å². The van der Waals surface area contributed by atoms with E-state index in [-0.39, 0.29) is 6.61 Å². The van der Waals surface area contributed by atoms with Crippen LogP contribution in [0.1, 0.15) is 29.3 Å². The third kappa shape index (κ3) is 4.40. The van der Waals surface area contributed by atoms with Crippen molar-refractivity contribution in [2.75, 3.05) is 13.7 Å². The highest BCUT2D eigenvalue weighted by Crippen LogP contribution is 2.27. The first kappa shape index (κ1) is 14.1. The maximum absolute atomic E-state index is 10.7. The molecule has 0 heterocycles. The Bertz CT molecular complexity index is 366. The van der Waals surface area contributed by atoms with Crippen molar-refractivity contribution in [2.24, 2.45) is 0 Å². The zero-order valence-corrected chi connectivity index (χ0v) is 11.0. The van der Waals surface area contributed by atoms with Gasteiger partial charge in [-0.25, -0.2) is 0 Å². The maximum atomic E-state index is 10.7. The molecule has 0 aliphatic heterocycles. The second kappa shape index (κ2) is 7.35. The van der Waals surface area contributed by atoms with Gasteiger partial charge in [0.1, 0.15) is 12.0 Å². The zero-order chi connectivity index (χ0) is 12.7. The van der Waals surface area contributed by atoms with Gasteiger partial charge in [-0.05, 0) is 24.6 Å². The first-order valence-corrected chi connectivity index (χ1v) is 6.60. The van der Waals surface area contributed by atoms with E-state index >= 15 is 0 Å². The molecular weight excluding hydrogens is 236 g/mol. The van der Waals surface area contributed by atoms with E-state index in [1.165, 1.54) is 0 Å². The average molecular weight is 254 g/mol. The predicted octanol–water partition coefficient (Wildman–Crippen LogP) is 2.51. The van der Waals surface area contributed by atoms with Gasteiger partial charge in [0, 0.05) is 28.7 Å². The second-order valence-electron chi connectivity index (χ2n) is 3.82. The number of aliphatic hydroxyl groups is 1. The summed E-state index contributed by atoms with van der Waals surface area (Å²) in [5.41, 5.74) is 1.68. The Balaban J connectivity index is 2.70. The molecule has 0 radical (unpaired) electrons. The lowest BCUT2D eigenvalue weighted by molar-refractivity contribution is 0.112. The van der Waals surface area contributed by atoms with E-state index in [1.54, 1.807) is 24.9 Å². The fourth-order valence-electron chi connectivity index (χ4n) is 1.48. The summed E-state index contributed by atoms with van der Waals surface area (Å²) >= 11 is 1.75. The van der Waals surface area contributed by atoms with E-state index in [0.717, 1.165) is 29.8 Å². The minimum Gasteiger partial charge on any atom is -0.496 e. The molecule has 1 N–H and O–H groups in total. The molecule has 0 saturated carbocycles. The van der Waals surface area contributed by atoms with E-state index < -0.39 is 0 Å². The molecule has 1 aromatic rings. The zero-order valence-electron chi connectivity index (χ0n) is 10.2. The van der Waals surface area contributed by atoms with Crippen molar-refractivity contribution in [2.45, 2.75) is 24.3 Å². The highest BCUT2D eigenvalue weighted by molar-refractivity contribution is 7.99. The highest BCUT2D eigenvalue weighted by Gasteiger charge is 2.07. The third-order valence-corrected chi connectivity index (χ3v) is 3.78. The molecule has 94 valence electrons. The Labute approximate surface area is 106 Å². The van der Waals surface area contributed by atoms with E-state index in [4.69, 9.17) is 9.84 Å². The fraction of sp³-hybridized carbons (Fsp3) is 0.462. The summed E-state index contributed by atoms with van der Waals surface area (Å²) < 4.78 is 5.26. The van der Waals surface area contributed by atoms with Crippen LogP contribution in [0.5, 0.6) is 5.75 Å². The van der Waals surface area contributed by atoms with Crippen LogP contribution in [0.3, 0.4) is 0 Å². The van der Waals surface area contributed by atoms with E-state index in [1.807, 2.05) is 12.1 Å². The predicted molar refractivity (Wildman–Crippen MR) is 70.8 cm³/mol. The Hall–Kier alpha value is -1.00. The summed E-state index contributed by atoms with van der Waals surface area (Å²) in [6.45, 7) is 2.29. The van der Waals surface area contributed by atoms with E-state index in [0.29, 0.717) is 10.8 Å². The van der Waals surface area contributed by atoms with Gasteiger partial charge < -0.3 is 9.84 Å². The summed E-state index contributed by atoms with van der Waals surface area (Å²) in [6.07, 6.45) is 1.62. The van der Waals surface area contributed by atoms with Crippen LogP contribution in [0.2, 0.25) is 0 Å². The molecule has 1 aromatic carbocycles. The van der Waals surface area contributed by atoms with Crippen LogP contribution < -0.4 is 4.74 Å². The summed E-state index contributed by atoms with van der Waals surface area (Å²) in [4.78, 5) is 10.7. The summed E-state index contributed by atoms with van der Waals surface area (Å²) in [5, 5.41) is 9.23. The molecule has 1 atom stereocenters. The van der Waals surface area contributed by atoms with Crippen molar-refractivity contribution in [1.29, 1.82) is 0 Å². The average Bonchev–Trinajstić information content (AvgIpc) is 2.36. The molecule has 1 unspecified atom stereocenters. The van der Waals surface area contributed by atoms with Crippen molar-refractivity contribution in [3.63, 3.8) is 0 Å². The molecule has 0 aliphatic carbocycles. The number of rotatable bonds is 7. The fourth-order valence-corrected chi connectivity index (χ4v) is 2.44. The molecule has 3 nitrogen and oxygen atoms in total. The smallest absolute Gasteiger partial charge is 0.150 e. The number of aliphatic hydroxyl groups excluding tert-OH is 1. The van der Waals surface area contributed by atoms with Crippen molar-refractivity contribution in [3.05, 3.63) is 29.3 Å². The standard InChI is InChI=1S/C13H18O3S/c1-10(5-6-14)17-9-12-7-11(8-15)3-4-13(12)16-2/h3-4,7-8,10,14H,5-6,9H2,1-2H3. The molecule has 0 saturated heterocycles. The first-order valence-electron chi connectivity index (χ1n) is 5.55. The number of methoxy groups -OCH3 is 1. The summed E-state index contributed by atoms with van der Waals surface area (Å²) in [7, 11) is 1.63. The Kier molecular flexibility index (Phi) is 6.08. The van der Waals surface area contributed by atoms with Crippen LogP contribution in [-0.2, 0) is 5.75 Å². The van der Waals surface area contributed by atoms with Gasteiger partial charge in [-0.3, -0.25) is 4.79 Å². The molecule has 0 aromatic heterocycles. The number of thioether (sulfide) groups is 1. The number of carbonyl (C=O) groups is 1. The SMILES string of the molecule is COc1ccc(C=O)cc1CSC(C)CCO. The van der Waals surface area contributed by atoms with Crippen LogP contribution in [0.25, 0.3) is 0 Å². The van der Waals surface area contributed by atoms with E-state index in [9.17, 15) is 4.79 Å². The molecule has 0 bridgehead atoms. The molecule has 1 rings (SSSR count). The van der Waals surface area contributed by atoms with Crippen LogP contribution in [0.4, 0.5) is 0 Å². The minimum atomic E-state index is 0.208. The van der Waals surface area contributed by atoms with Crippen molar-refractivity contribution >= 4 is 18.0 Å². The van der Waals surface area contributed by atoms with Gasteiger partial charge in [-0.15, -0.1) is 0 Å². The largest absolute Gasteiger partial charge is 0.496 e. The lowest BCUT2D eigenvalue weighted by Crippen LogP contribution is -2.01. The molecule has 0 amide bonds. The third-order valence-electron chi connectivity index (χ3n) is 2.50. The van der Waals surface area contributed by atoms with Crippen LogP contribution in [0, 0.1) is 0 Å². The van der Waals surface area contributed by atoms with E-state index in [2.05, 4.69) is 6.92 Å². The quantitative estimate of drug-likeness (QED) is 0.759. The second-order valence-corrected chi connectivity index (χ2v) is 5.25. The molecule has 0 spiro atoms. The van der Waals surface area contributed by atoms with Gasteiger partial charge >= 0.3 is 0 Å². The molecule has 4 heteroatoms. The monoisotopic (exact) mass is 254 g/mol. The van der Waals surface area contributed by atoms with Crippen LogP contribution >= 0.6 is 11.8 Å². The number of ether oxygens (including phenoxy) is 1. The molecule has 0 aliphatic rings. The number of carbonyl (C=O) groups excluding carboxylic acids is 1. The van der Waals surface area contributed by atoms with Crippen LogP contribution in [0.15, 0.2) is 18.2 Å². The van der Waals surface area contributed by atoms with Crippen molar-refractivity contribution in [1.82, 2.24) is 0 Å². The number of hydrogen-bond donors (Lipinski definition) is 1. The number of hydrogen-bond acceptors (Lipinski definition) is 4. The van der Waals surface area contributed by atoms with Crippen molar-refractivity contribution < 1.29 is 14.6 Å². The van der Waals surface area contributed by atoms with Gasteiger partial charge in [-0.2, -0.15) is 11.8 Å². The number of aldehydes is 1. The van der Waals surface area contributed by atoms with Gasteiger partial charge in [0.15, 0.2) is 0 Å².